The molecule has 0 aliphatic carbocycles. The smallest absolute Gasteiger partial charge is 0.347 e. The van der Waals surface area contributed by atoms with E-state index in [0.717, 1.165) is 44.9 Å². The van der Waals surface area contributed by atoms with Crippen molar-refractivity contribution in [2.24, 2.45) is 11.1 Å². The highest BCUT2D eigenvalue weighted by molar-refractivity contribution is 7.99. The van der Waals surface area contributed by atoms with Gasteiger partial charge in [-0.3, -0.25) is 18.8 Å². The van der Waals surface area contributed by atoms with E-state index in [1.807, 2.05) is 18.2 Å². The maximum absolute atomic E-state index is 13.1. The van der Waals surface area contributed by atoms with Crippen LogP contribution in [-0.2, 0) is 23.1 Å². The molecule has 2 rings (SSSR count). The predicted molar refractivity (Wildman–Crippen MR) is 133 cm³/mol. The highest BCUT2D eigenvalue weighted by Gasteiger charge is 2.31. The average Bonchev–Trinajstić information content (AvgIpc) is 2.77. The second-order valence-corrected chi connectivity index (χ2v) is 12.3. The number of thioether (sulfide) groups is 1. The van der Waals surface area contributed by atoms with E-state index in [0.29, 0.717) is 0 Å². The van der Waals surface area contributed by atoms with Crippen LogP contribution in [0.2, 0.25) is 0 Å². The van der Waals surface area contributed by atoms with Crippen LogP contribution in [0.3, 0.4) is 0 Å². The van der Waals surface area contributed by atoms with Crippen LogP contribution in [0.15, 0.2) is 35.2 Å². The molecule has 188 valence electrons. The minimum absolute atomic E-state index is 0.149. The van der Waals surface area contributed by atoms with Crippen molar-refractivity contribution >= 4 is 25.3 Å². The number of ether oxygens (including phenoxy) is 1. The molecule has 1 aromatic carbocycles. The van der Waals surface area contributed by atoms with E-state index >= 15 is 0 Å². The Balaban J connectivity index is 1.69. The SMILES string of the molecule is CCOP(=O)(CN1CCN(CC[C@@H](N)CSc2ccccc2)CC1)OCOC(=O)C(C)(C)C. The van der Waals surface area contributed by atoms with Crippen molar-refractivity contribution in [2.75, 3.05) is 58.2 Å². The molecular formula is C23H40N3O5PS. The van der Waals surface area contributed by atoms with Gasteiger partial charge in [-0.25, -0.2) is 0 Å². The van der Waals surface area contributed by atoms with Crippen molar-refractivity contribution in [2.45, 2.75) is 45.1 Å². The summed E-state index contributed by atoms with van der Waals surface area (Å²) in [5.74, 6) is 0.498. The Morgan fingerprint density at radius 2 is 1.76 bits per heavy atom. The zero-order valence-electron chi connectivity index (χ0n) is 20.4. The van der Waals surface area contributed by atoms with Gasteiger partial charge in [-0.1, -0.05) is 18.2 Å². The fourth-order valence-corrected chi connectivity index (χ4v) is 5.78. The van der Waals surface area contributed by atoms with Crippen LogP contribution < -0.4 is 5.73 Å². The van der Waals surface area contributed by atoms with Crippen LogP contribution in [0, 0.1) is 5.41 Å². The second kappa shape index (κ2) is 13.8. The zero-order chi connectivity index (χ0) is 24.3. The average molecular weight is 502 g/mol. The van der Waals surface area contributed by atoms with Crippen LogP contribution in [0.4, 0.5) is 0 Å². The minimum atomic E-state index is -3.38. The van der Waals surface area contributed by atoms with Gasteiger partial charge in [-0.15, -0.1) is 11.8 Å². The van der Waals surface area contributed by atoms with E-state index in [1.54, 1.807) is 39.5 Å². The van der Waals surface area contributed by atoms with Crippen molar-refractivity contribution in [3.05, 3.63) is 30.3 Å². The van der Waals surface area contributed by atoms with Gasteiger partial charge < -0.3 is 19.9 Å². The monoisotopic (exact) mass is 501 g/mol. The summed E-state index contributed by atoms with van der Waals surface area (Å²) in [5.41, 5.74) is 5.67. The molecule has 1 aromatic rings. The van der Waals surface area contributed by atoms with Gasteiger partial charge in [0.2, 0.25) is 6.79 Å². The van der Waals surface area contributed by atoms with Gasteiger partial charge in [0.25, 0.3) is 0 Å². The fraction of sp³-hybridized carbons (Fsp3) is 0.696. The summed E-state index contributed by atoms with van der Waals surface area (Å²) in [4.78, 5) is 17.6. The van der Waals surface area contributed by atoms with Crippen LogP contribution in [0.1, 0.15) is 34.1 Å². The van der Waals surface area contributed by atoms with Crippen molar-refractivity contribution in [3.63, 3.8) is 0 Å². The molecule has 8 nitrogen and oxygen atoms in total. The molecule has 1 fully saturated rings. The normalized spacial score (nSPS) is 18.6. The Morgan fingerprint density at radius 1 is 1.12 bits per heavy atom. The number of carbonyl (C=O) groups excluding carboxylic acids is 1. The number of rotatable bonds is 13. The maximum Gasteiger partial charge on any atom is 0.347 e. The molecule has 0 amide bonds. The Morgan fingerprint density at radius 3 is 2.36 bits per heavy atom. The van der Waals surface area contributed by atoms with Crippen molar-refractivity contribution in [1.82, 2.24) is 9.80 Å². The molecule has 1 aliphatic heterocycles. The predicted octanol–water partition coefficient (Wildman–Crippen LogP) is 3.86. The van der Waals surface area contributed by atoms with Crippen LogP contribution in [-0.4, -0.2) is 80.0 Å². The lowest BCUT2D eigenvalue weighted by Gasteiger charge is -2.36. The quantitative estimate of drug-likeness (QED) is 0.187. The first-order valence-electron chi connectivity index (χ1n) is 11.5. The molecule has 10 heteroatoms. The molecule has 0 spiro atoms. The Labute approximate surface area is 203 Å². The summed E-state index contributed by atoms with van der Waals surface area (Å²) in [6.45, 7) is 11.2. The Kier molecular flexibility index (Phi) is 11.9. The largest absolute Gasteiger partial charge is 0.438 e. The van der Waals surface area contributed by atoms with Gasteiger partial charge in [0.05, 0.1) is 12.0 Å². The molecule has 0 saturated carbocycles. The number of piperazine rings is 1. The first-order valence-corrected chi connectivity index (χ1v) is 14.3. The van der Waals surface area contributed by atoms with E-state index < -0.39 is 19.0 Å². The van der Waals surface area contributed by atoms with Crippen LogP contribution in [0.5, 0.6) is 0 Å². The third-order valence-corrected chi connectivity index (χ3v) is 8.34. The summed E-state index contributed by atoms with van der Waals surface area (Å²) in [6, 6.07) is 10.5. The highest BCUT2D eigenvalue weighted by atomic mass is 32.2. The van der Waals surface area contributed by atoms with Gasteiger partial charge in [0.1, 0.15) is 6.29 Å². The summed E-state index contributed by atoms with van der Waals surface area (Å²) in [5, 5.41) is 0. The lowest BCUT2D eigenvalue weighted by atomic mass is 9.98. The molecule has 1 aliphatic rings. The number of nitrogens with zero attached hydrogens (tertiary/aromatic N) is 2. The number of benzene rings is 1. The van der Waals surface area contributed by atoms with Crippen molar-refractivity contribution in [1.29, 1.82) is 0 Å². The van der Waals surface area contributed by atoms with Crippen LogP contribution in [0.25, 0.3) is 0 Å². The highest BCUT2D eigenvalue weighted by Crippen LogP contribution is 2.48. The molecule has 0 aromatic heterocycles. The van der Waals surface area contributed by atoms with Gasteiger partial charge in [-0.05, 0) is 52.8 Å². The van der Waals surface area contributed by atoms with Crippen molar-refractivity contribution in [3.8, 4) is 0 Å². The molecule has 0 bridgehead atoms. The Bertz CT molecular complexity index is 754. The number of nitrogens with two attached hydrogens (primary N) is 1. The van der Waals surface area contributed by atoms with Gasteiger partial charge in [0.15, 0.2) is 0 Å². The standard InChI is InChI=1S/C23H40N3O5PS/c1-5-30-32(28,31-19-29-22(27)23(2,3)4)18-26-15-13-25(14-16-26)12-11-20(24)17-33-21-9-7-6-8-10-21/h6-10,20H,5,11-19,24H2,1-4H3/t20-,32?/m1/s1. The summed E-state index contributed by atoms with van der Waals surface area (Å²) in [7, 11) is -3.38. The van der Waals surface area contributed by atoms with Gasteiger partial charge in [-0.2, -0.15) is 0 Å². The molecule has 1 unspecified atom stereocenters. The van der Waals surface area contributed by atoms with E-state index in [-0.39, 0.29) is 25.7 Å². The number of hydrogen-bond acceptors (Lipinski definition) is 9. The van der Waals surface area contributed by atoms with E-state index in [2.05, 4.69) is 21.9 Å². The topological polar surface area (TPSA) is 94.3 Å². The van der Waals surface area contributed by atoms with Crippen molar-refractivity contribution < 1.29 is 23.1 Å². The molecule has 1 saturated heterocycles. The van der Waals surface area contributed by atoms with Gasteiger partial charge in [0, 0.05) is 42.9 Å². The molecular weight excluding hydrogens is 461 g/mol. The minimum Gasteiger partial charge on any atom is -0.438 e. The number of carbonyl (C=O) groups is 1. The van der Waals surface area contributed by atoms with Gasteiger partial charge >= 0.3 is 13.6 Å². The van der Waals surface area contributed by atoms with Crippen LogP contribution >= 0.6 is 19.4 Å². The maximum atomic E-state index is 13.1. The summed E-state index contributed by atoms with van der Waals surface area (Å²) < 4.78 is 29.1. The fourth-order valence-electron chi connectivity index (χ4n) is 3.24. The third kappa shape index (κ3) is 10.9. The molecule has 2 N–H and O–H groups in total. The number of hydrogen-bond donors (Lipinski definition) is 1. The third-order valence-electron chi connectivity index (χ3n) is 5.24. The molecule has 33 heavy (non-hydrogen) atoms. The summed E-state index contributed by atoms with van der Waals surface area (Å²) >= 11 is 1.79. The van der Waals surface area contributed by atoms with E-state index in [4.69, 9.17) is 19.5 Å². The Hall–Kier alpha value is -0.930. The zero-order valence-corrected chi connectivity index (χ0v) is 22.1. The molecule has 1 heterocycles. The first-order chi connectivity index (χ1) is 15.6. The second-order valence-electron chi connectivity index (χ2n) is 9.23. The first kappa shape index (κ1) is 28.3. The van der Waals surface area contributed by atoms with E-state index in [1.165, 1.54) is 4.90 Å². The lowest BCUT2D eigenvalue weighted by molar-refractivity contribution is -0.160. The van der Waals surface area contributed by atoms with E-state index in [9.17, 15) is 9.36 Å². The number of esters is 1. The molecule has 2 atom stereocenters. The molecule has 0 radical (unpaired) electrons. The summed E-state index contributed by atoms with van der Waals surface area (Å²) in [6.07, 6.45) is 1.13. The lowest BCUT2D eigenvalue weighted by Crippen LogP contribution is -2.47.